The third-order valence-corrected chi connectivity index (χ3v) is 2.95. The Morgan fingerprint density at radius 3 is 2.21 bits per heavy atom. The predicted molar refractivity (Wildman–Crippen MR) is 77.1 cm³/mol. The molecule has 96 valence electrons. The van der Waals surface area contributed by atoms with Gasteiger partial charge in [0, 0.05) is 16.7 Å². The topological polar surface area (TPSA) is 60.7 Å². The average Bonchev–Trinajstić information content (AvgIpc) is 2.41. The predicted octanol–water partition coefficient (Wildman–Crippen LogP) is 3.76. The number of hydrogen-bond donors (Lipinski definition) is 3. The second-order valence-corrected chi connectivity index (χ2v) is 4.07. The highest BCUT2D eigenvalue weighted by atomic mass is 16.3. The van der Waals surface area contributed by atoms with E-state index in [1.165, 1.54) is 24.3 Å². The molecule has 3 heteroatoms. The molecule has 0 saturated heterocycles. The Kier molecular flexibility index (Phi) is 3.29. The summed E-state index contributed by atoms with van der Waals surface area (Å²) in [6, 6.07) is 7.57. The van der Waals surface area contributed by atoms with Crippen molar-refractivity contribution in [2.45, 2.75) is 0 Å². The number of aromatic hydroxyl groups is 3. The Labute approximate surface area is 111 Å². The van der Waals surface area contributed by atoms with Crippen molar-refractivity contribution in [3.05, 3.63) is 54.6 Å². The Bertz CT molecular complexity index is 657. The highest BCUT2D eigenvalue weighted by molar-refractivity contribution is 5.83. The standard InChI is InChI=1S/C16H14O3/c1-3-10-5-7-13(16(19)12(10)4-2)14-9-11(17)6-8-15(14)18/h3-9,17-19H,1-2H2. The van der Waals surface area contributed by atoms with E-state index in [2.05, 4.69) is 13.2 Å². The SMILES string of the molecule is C=Cc1ccc(-c2cc(O)ccc2O)c(O)c1C=C. The van der Waals surface area contributed by atoms with Gasteiger partial charge in [0.25, 0.3) is 0 Å². The summed E-state index contributed by atoms with van der Waals surface area (Å²) in [6.45, 7) is 7.32. The van der Waals surface area contributed by atoms with Crippen LogP contribution in [0.3, 0.4) is 0 Å². The minimum absolute atomic E-state index is 0.00620. The molecular weight excluding hydrogens is 240 g/mol. The minimum Gasteiger partial charge on any atom is -0.508 e. The van der Waals surface area contributed by atoms with Gasteiger partial charge in [0.15, 0.2) is 0 Å². The van der Waals surface area contributed by atoms with E-state index in [1.807, 2.05) is 0 Å². The van der Waals surface area contributed by atoms with Gasteiger partial charge in [-0.2, -0.15) is 0 Å². The molecule has 0 bridgehead atoms. The number of benzene rings is 2. The Hall–Kier alpha value is -2.68. The third kappa shape index (κ3) is 2.18. The minimum atomic E-state index is -0.0190. The zero-order valence-corrected chi connectivity index (χ0v) is 10.3. The summed E-state index contributed by atoms with van der Waals surface area (Å²) in [5.41, 5.74) is 2.07. The number of rotatable bonds is 3. The Balaban J connectivity index is 2.73. The van der Waals surface area contributed by atoms with Gasteiger partial charge in [-0.25, -0.2) is 0 Å². The molecule has 0 spiro atoms. The van der Waals surface area contributed by atoms with Crippen molar-refractivity contribution in [3.8, 4) is 28.4 Å². The van der Waals surface area contributed by atoms with Crippen molar-refractivity contribution in [3.63, 3.8) is 0 Å². The summed E-state index contributed by atoms with van der Waals surface area (Å²) < 4.78 is 0. The summed E-state index contributed by atoms with van der Waals surface area (Å²) in [7, 11) is 0. The molecule has 0 aliphatic heterocycles. The van der Waals surface area contributed by atoms with Crippen LogP contribution in [0.25, 0.3) is 23.3 Å². The highest BCUT2D eigenvalue weighted by Gasteiger charge is 2.14. The Morgan fingerprint density at radius 2 is 1.58 bits per heavy atom. The highest BCUT2D eigenvalue weighted by Crippen LogP contribution is 2.40. The number of phenols is 3. The van der Waals surface area contributed by atoms with Crippen molar-refractivity contribution < 1.29 is 15.3 Å². The van der Waals surface area contributed by atoms with Crippen molar-refractivity contribution in [2.24, 2.45) is 0 Å². The molecular formula is C16H14O3. The lowest BCUT2D eigenvalue weighted by Gasteiger charge is -2.12. The summed E-state index contributed by atoms with van der Waals surface area (Å²) in [6.07, 6.45) is 3.14. The van der Waals surface area contributed by atoms with Crippen molar-refractivity contribution in [2.75, 3.05) is 0 Å². The van der Waals surface area contributed by atoms with Gasteiger partial charge in [-0.15, -0.1) is 0 Å². The van der Waals surface area contributed by atoms with Gasteiger partial charge in [-0.05, 0) is 29.8 Å². The molecule has 0 atom stereocenters. The first kappa shape index (κ1) is 12.8. The average molecular weight is 254 g/mol. The van der Waals surface area contributed by atoms with Crippen LogP contribution in [-0.4, -0.2) is 15.3 Å². The molecule has 2 rings (SSSR count). The first-order chi connectivity index (χ1) is 9.08. The molecule has 0 radical (unpaired) electrons. The van der Waals surface area contributed by atoms with Crippen LogP contribution in [0.15, 0.2) is 43.5 Å². The molecule has 0 aliphatic carbocycles. The lowest BCUT2D eigenvalue weighted by molar-refractivity contribution is 0.459. The van der Waals surface area contributed by atoms with E-state index in [4.69, 9.17) is 0 Å². The van der Waals surface area contributed by atoms with Crippen LogP contribution in [-0.2, 0) is 0 Å². The normalized spacial score (nSPS) is 10.1. The fourth-order valence-electron chi connectivity index (χ4n) is 1.97. The van der Waals surface area contributed by atoms with Crippen LogP contribution < -0.4 is 0 Å². The van der Waals surface area contributed by atoms with Gasteiger partial charge in [0.05, 0.1) is 0 Å². The van der Waals surface area contributed by atoms with Gasteiger partial charge in [-0.1, -0.05) is 31.4 Å². The summed E-state index contributed by atoms with van der Waals surface area (Å²) in [5.74, 6) is -0.0112. The molecule has 2 aromatic rings. The van der Waals surface area contributed by atoms with E-state index >= 15 is 0 Å². The fourth-order valence-corrected chi connectivity index (χ4v) is 1.97. The van der Waals surface area contributed by atoms with Crippen molar-refractivity contribution >= 4 is 12.2 Å². The fraction of sp³-hybridized carbons (Fsp3) is 0. The molecule has 0 unspecified atom stereocenters. The second kappa shape index (κ2) is 4.90. The summed E-state index contributed by atoms with van der Waals surface area (Å²) in [5, 5.41) is 29.6. The zero-order valence-electron chi connectivity index (χ0n) is 10.3. The van der Waals surface area contributed by atoms with E-state index in [0.29, 0.717) is 16.7 Å². The quantitative estimate of drug-likeness (QED) is 0.731. The monoisotopic (exact) mass is 254 g/mol. The van der Waals surface area contributed by atoms with E-state index < -0.39 is 0 Å². The molecule has 3 nitrogen and oxygen atoms in total. The van der Waals surface area contributed by atoms with Crippen molar-refractivity contribution in [1.29, 1.82) is 0 Å². The molecule has 0 saturated carbocycles. The molecule has 0 aliphatic rings. The van der Waals surface area contributed by atoms with Crippen LogP contribution in [0.5, 0.6) is 17.2 Å². The largest absolute Gasteiger partial charge is 0.508 e. The third-order valence-electron chi connectivity index (χ3n) is 2.95. The number of hydrogen-bond acceptors (Lipinski definition) is 3. The molecule has 3 N–H and O–H groups in total. The summed E-state index contributed by atoms with van der Waals surface area (Å²) in [4.78, 5) is 0. The van der Waals surface area contributed by atoms with Crippen LogP contribution in [0.1, 0.15) is 11.1 Å². The molecule has 0 amide bonds. The molecule has 19 heavy (non-hydrogen) atoms. The van der Waals surface area contributed by atoms with Gasteiger partial charge in [0.2, 0.25) is 0 Å². The van der Waals surface area contributed by atoms with E-state index in [1.54, 1.807) is 18.2 Å². The maximum Gasteiger partial charge on any atom is 0.131 e. The van der Waals surface area contributed by atoms with Gasteiger partial charge in [0.1, 0.15) is 17.2 Å². The van der Waals surface area contributed by atoms with Gasteiger partial charge < -0.3 is 15.3 Å². The van der Waals surface area contributed by atoms with Crippen LogP contribution in [0, 0.1) is 0 Å². The van der Waals surface area contributed by atoms with Gasteiger partial charge >= 0.3 is 0 Å². The smallest absolute Gasteiger partial charge is 0.131 e. The molecule has 2 aromatic carbocycles. The zero-order chi connectivity index (χ0) is 14.0. The van der Waals surface area contributed by atoms with Crippen molar-refractivity contribution in [1.82, 2.24) is 0 Å². The first-order valence-corrected chi connectivity index (χ1v) is 5.71. The van der Waals surface area contributed by atoms with E-state index in [9.17, 15) is 15.3 Å². The Morgan fingerprint density at radius 1 is 0.842 bits per heavy atom. The molecule has 0 heterocycles. The maximum atomic E-state index is 10.3. The summed E-state index contributed by atoms with van der Waals surface area (Å²) >= 11 is 0. The first-order valence-electron chi connectivity index (χ1n) is 5.71. The van der Waals surface area contributed by atoms with Crippen LogP contribution in [0.2, 0.25) is 0 Å². The van der Waals surface area contributed by atoms with Crippen LogP contribution >= 0.6 is 0 Å². The lowest BCUT2D eigenvalue weighted by atomic mass is 9.96. The maximum absolute atomic E-state index is 10.3. The van der Waals surface area contributed by atoms with Gasteiger partial charge in [-0.3, -0.25) is 0 Å². The van der Waals surface area contributed by atoms with E-state index in [0.717, 1.165) is 5.56 Å². The second-order valence-electron chi connectivity index (χ2n) is 4.07. The van der Waals surface area contributed by atoms with Crippen LogP contribution in [0.4, 0.5) is 0 Å². The molecule has 0 fully saturated rings. The number of phenolic OH excluding ortho intramolecular Hbond substituents is 3. The molecule has 0 aromatic heterocycles. The van der Waals surface area contributed by atoms with E-state index in [-0.39, 0.29) is 17.2 Å². The lowest BCUT2D eigenvalue weighted by Crippen LogP contribution is -1.87.